The fourth-order valence-electron chi connectivity index (χ4n) is 6.03. The van der Waals surface area contributed by atoms with Crippen molar-refractivity contribution in [2.75, 3.05) is 0 Å². The number of aryl methyl sites for hydroxylation is 1. The summed E-state index contributed by atoms with van der Waals surface area (Å²) in [6.45, 7) is 15.4. The number of hydrogen-bond acceptors (Lipinski definition) is 7. The van der Waals surface area contributed by atoms with Gasteiger partial charge >= 0.3 is 5.97 Å². The quantitative estimate of drug-likeness (QED) is 0.227. The van der Waals surface area contributed by atoms with Gasteiger partial charge in [-0.1, -0.05) is 81.8 Å². The second kappa shape index (κ2) is 16.1. The summed E-state index contributed by atoms with van der Waals surface area (Å²) in [6, 6.07) is 10.9. The highest BCUT2D eigenvalue weighted by atomic mass is 35.5. The fraction of sp³-hybridized carbons (Fsp3) is 0.538. The smallest absolute Gasteiger partial charge is 0.328 e. The van der Waals surface area contributed by atoms with Gasteiger partial charge < -0.3 is 31.2 Å². The lowest BCUT2D eigenvalue weighted by atomic mass is 9.82. The molecule has 0 saturated carbocycles. The van der Waals surface area contributed by atoms with Gasteiger partial charge in [0.2, 0.25) is 17.7 Å². The second-order valence-corrected chi connectivity index (χ2v) is 15.9. The molecule has 0 spiro atoms. The molecule has 1 fully saturated rings. The summed E-state index contributed by atoms with van der Waals surface area (Å²) in [6.07, 6.45) is 2.65. The number of rotatable bonds is 7. The number of carbonyl (C=O) groups excluding carboxylic acids is 4. The van der Waals surface area contributed by atoms with E-state index in [0.29, 0.717) is 18.0 Å². The standard InChI is InChI=1S/C39H53ClN4O6/c1-22-12-13-26(18-28(22)40)19-29-35(46)42-24(3)39(7,8)37(48)44-30(20-38(4,5)6)36(47)49-31(10-9-11-32(45)43-29)23(2)33-34(50-33)27-16-14-25(21-41)15-17-27/h9,11-18,23-24,29-31,33-34H,10,19-21,41H2,1-8H3,(H,42,46)(H,43,45)(H,44,48)/b11-9+/t23-,24?,29+,30-,31-,33+,34+/m0/s1. The minimum Gasteiger partial charge on any atom is -0.460 e. The van der Waals surface area contributed by atoms with E-state index < -0.39 is 53.3 Å². The van der Waals surface area contributed by atoms with E-state index in [4.69, 9.17) is 26.8 Å². The normalized spacial score (nSPS) is 27.7. The molecule has 2 aromatic rings. The summed E-state index contributed by atoms with van der Waals surface area (Å²) in [4.78, 5) is 54.8. The van der Waals surface area contributed by atoms with Crippen LogP contribution in [0.5, 0.6) is 0 Å². The molecule has 0 aliphatic carbocycles. The first-order valence-corrected chi connectivity index (χ1v) is 17.8. The lowest BCUT2D eigenvalue weighted by Crippen LogP contribution is -2.58. The van der Waals surface area contributed by atoms with Gasteiger partial charge in [-0.25, -0.2) is 4.79 Å². The molecule has 3 amide bonds. The van der Waals surface area contributed by atoms with Gasteiger partial charge in [0.05, 0.1) is 11.5 Å². The van der Waals surface area contributed by atoms with Crippen LogP contribution in [-0.2, 0) is 41.6 Å². The monoisotopic (exact) mass is 708 g/mol. The number of esters is 1. The van der Waals surface area contributed by atoms with Crippen LogP contribution in [0.3, 0.4) is 0 Å². The Morgan fingerprint density at radius 1 is 0.980 bits per heavy atom. The highest BCUT2D eigenvalue weighted by Gasteiger charge is 2.48. The minimum atomic E-state index is -1.13. The topological polar surface area (TPSA) is 152 Å². The predicted octanol–water partition coefficient (Wildman–Crippen LogP) is 5.23. The van der Waals surface area contributed by atoms with Gasteiger partial charge in [0.15, 0.2) is 0 Å². The molecule has 1 unspecified atom stereocenters. The van der Waals surface area contributed by atoms with Crippen molar-refractivity contribution in [3.63, 3.8) is 0 Å². The number of cyclic esters (lactones) is 1. The van der Waals surface area contributed by atoms with Crippen molar-refractivity contribution in [3.05, 3.63) is 81.9 Å². The third-order valence-electron chi connectivity index (χ3n) is 9.82. The lowest BCUT2D eigenvalue weighted by Gasteiger charge is -2.35. The van der Waals surface area contributed by atoms with Gasteiger partial charge in [0.1, 0.15) is 24.3 Å². The first-order valence-electron chi connectivity index (χ1n) is 17.4. The zero-order chi connectivity index (χ0) is 37.0. The number of benzene rings is 2. The third kappa shape index (κ3) is 10.2. The van der Waals surface area contributed by atoms with E-state index in [1.807, 2.05) is 71.0 Å². The van der Waals surface area contributed by atoms with Crippen molar-refractivity contribution in [3.8, 4) is 0 Å². The molecular formula is C39H53ClN4O6. The van der Waals surface area contributed by atoms with Crippen molar-refractivity contribution in [2.45, 2.75) is 118 Å². The predicted molar refractivity (Wildman–Crippen MR) is 194 cm³/mol. The van der Waals surface area contributed by atoms with Gasteiger partial charge in [-0.2, -0.15) is 0 Å². The Bertz CT molecular complexity index is 1580. The number of nitrogens with two attached hydrogens (primary N) is 1. The number of nitrogens with one attached hydrogen (secondary N) is 3. The third-order valence-corrected chi connectivity index (χ3v) is 10.2. The number of halogens is 1. The van der Waals surface area contributed by atoms with Gasteiger partial charge in [-0.15, -0.1) is 0 Å². The Labute approximate surface area is 301 Å². The van der Waals surface area contributed by atoms with Crippen molar-refractivity contribution in [2.24, 2.45) is 22.5 Å². The van der Waals surface area contributed by atoms with Crippen LogP contribution in [0.15, 0.2) is 54.6 Å². The molecule has 11 heteroatoms. The second-order valence-electron chi connectivity index (χ2n) is 15.5. The van der Waals surface area contributed by atoms with Crippen LogP contribution in [0, 0.1) is 23.7 Å². The number of ether oxygens (including phenoxy) is 2. The Kier molecular flexibility index (Phi) is 12.6. The Hall–Kier alpha value is -3.73. The average Bonchev–Trinajstić information content (AvgIpc) is 3.85. The first-order chi connectivity index (χ1) is 23.4. The summed E-state index contributed by atoms with van der Waals surface area (Å²) in [5.41, 5.74) is 7.99. The Morgan fingerprint density at radius 3 is 2.26 bits per heavy atom. The summed E-state index contributed by atoms with van der Waals surface area (Å²) in [7, 11) is 0. The first kappa shape index (κ1) is 39.1. The van der Waals surface area contributed by atoms with Gasteiger partial charge in [-0.3, -0.25) is 14.4 Å². The van der Waals surface area contributed by atoms with Crippen molar-refractivity contribution < 1.29 is 28.7 Å². The molecule has 0 aromatic heterocycles. The minimum absolute atomic E-state index is 0.176. The Morgan fingerprint density at radius 2 is 1.64 bits per heavy atom. The Balaban J connectivity index is 1.65. The maximum absolute atomic E-state index is 13.9. The van der Waals surface area contributed by atoms with Crippen LogP contribution in [0.25, 0.3) is 0 Å². The van der Waals surface area contributed by atoms with E-state index in [-0.39, 0.29) is 36.4 Å². The molecule has 1 saturated heterocycles. The molecule has 4 rings (SSSR count). The number of amides is 3. The molecule has 272 valence electrons. The maximum atomic E-state index is 13.9. The van der Waals surface area contributed by atoms with E-state index in [0.717, 1.165) is 22.3 Å². The molecule has 50 heavy (non-hydrogen) atoms. The molecule has 2 aliphatic heterocycles. The molecule has 7 atom stereocenters. The van der Waals surface area contributed by atoms with Crippen molar-refractivity contribution >= 4 is 35.3 Å². The van der Waals surface area contributed by atoms with Crippen LogP contribution in [0.4, 0.5) is 0 Å². The number of carbonyl (C=O) groups is 4. The maximum Gasteiger partial charge on any atom is 0.328 e. The largest absolute Gasteiger partial charge is 0.460 e. The van der Waals surface area contributed by atoms with E-state index >= 15 is 0 Å². The molecule has 0 radical (unpaired) electrons. The highest BCUT2D eigenvalue weighted by Crippen LogP contribution is 2.45. The van der Waals surface area contributed by atoms with Gasteiger partial charge in [0, 0.05) is 36.4 Å². The van der Waals surface area contributed by atoms with Crippen LogP contribution in [0.1, 0.15) is 89.7 Å². The van der Waals surface area contributed by atoms with Crippen molar-refractivity contribution in [1.29, 1.82) is 0 Å². The van der Waals surface area contributed by atoms with E-state index in [2.05, 4.69) is 16.0 Å². The number of epoxide rings is 1. The molecule has 2 aliphatic rings. The van der Waals surface area contributed by atoms with Crippen LogP contribution >= 0.6 is 11.6 Å². The summed E-state index contributed by atoms with van der Waals surface area (Å²) >= 11 is 6.37. The summed E-state index contributed by atoms with van der Waals surface area (Å²) < 4.78 is 12.3. The SMILES string of the molecule is Cc1ccc(C[C@H]2NC(=O)/C=C/C[C@@H]([C@H](C)[C@H]3O[C@@H]3c3ccc(CN)cc3)OC(=O)[C@H](CC(C)(C)C)NC(=O)C(C)(C)C(C)NC2=O)cc1Cl. The van der Waals surface area contributed by atoms with Crippen LogP contribution in [0.2, 0.25) is 5.02 Å². The molecule has 2 heterocycles. The number of hydrogen-bond donors (Lipinski definition) is 4. The zero-order valence-electron chi connectivity index (χ0n) is 30.5. The van der Waals surface area contributed by atoms with Crippen molar-refractivity contribution in [1.82, 2.24) is 16.0 Å². The van der Waals surface area contributed by atoms with E-state index in [1.165, 1.54) is 6.08 Å². The zero-order valence-corrected chi connectivity index (χ0v) is 31.2. The highest BCUT2D eigenvalue weighted by molar-refractivity contribution is 6.31. The summed E-state index contributed by atoms with van der Waals surface area (Å²) in [5, 5.41) is 9.27. The summed E-state index contributed by atoms with van der Waals surface area (Å²) in [5.74, 6) is -2.16. The van der Waals surface area contributed by atoms with E-state index in [9.17, 15) is 19.2 Å². The average molecular weight is 709 g/mol. The van der Waals surface area contributed by atoms with Gasteiger partial charge in [0.25, 0.3) is 0 Å². The lowest BCUT2D eigenvalue weighted by molar-refractivity contribution is -0.157. The van der Waals surface area contributed by atoms with Crippen LogP contribution < -0.4 is 21.7 Å². The molecule has 5 N–H and O–H groups in total. The molecule has 10 nitrogen and oxygen atoms in total. The van der Waals surface area contributed by atoms with Gasteiger partial charge in [-0.05, 0) is 73.9 Å². The van der Waals surface area contributed by atoms with Crippen LogP contribution in [-0.4, -0.2) is 54.0 Å². The molecular weight excluding hydrogens is 656 g/mol. The fourth-order valence-corrected chi connectivity index (χ4v) is 6.23. The molecule has 0 bridgehead atoms. The van der Waals surface area contributed by atoms with E-state index in [1.54, 1.807) is 32.9 Å². The molecule has 2 aromatic carbocycles.